The van der Waals surface area contributed by atoms with Crippen LogP contribution in [0.3, 0.4) is 0 Å². The lowest BCUT2D eigenvalue weighted by Gasteiger charge is -2.76. The van der Waals surface area contributed by atoms with Crippen LogP contribution in [0.15, 0.2) is 12.2 Å². The quantitative estimate of drug-likeness (QED) is 0.474. The van der Waals surface area contributed by atoms with Crippen molar-refractivity contribution in [1.82, 2.24) is 0 Å². The normalized spacial score (nSPS) is 59.2. The second kappa shape index (κ2) is 5.25. The third-order valence-corrected chi connectivity index (χ3v) is 9.12. The van der Waals surface area contributed by atoms with E-state index in [9.17, 15) is 25.2 Å². The highest BCUT2D eigenvalue weighted by atomic mass is 16.8. The Bertz CT molecular complexity index is 764. The molecular weight excluding hydrogens is 364 g/mol. The van der Waals surface area contributed by atoms with Gasteiger partial charge >= 0.3 is 0 Å². The van der Waals surface area contributed by atoms with Crippen LogP contribution in [0.1, 0.15) is 39.5 Å². The predicted octanol–water partition coefficient (Wildman–Crippen LogP) is 0.348. The van der Waals surface area contributed by atoms with E-state index in [1.165, 1.54) is 7.11 Å². The Labute approximate surface area is 164 Å². The van der Waals surface area contributed by atoms with E-state index in [0.717, 1.165) is 0 Å². The molecule has 0 amide bonds. The molecule has 4 saturated carbocycles. The molecule has 6 aliphatic rings. The van der Waals surface area contributed by atoms with Crippen LogP contribution in [-0.4, -0.2) is 63.7 Å². The van der Waals surface area contributed by atoms with Gasteiger partial charge in [-0.05, 0) is 42.6 Å². The second-order valence-electron chi connectivity index (χ2n) is 10.3. The summed E-state index contributed by atoms with van der Waals surface area (Å²) in [5.41, 5.74) is -2.98. The molecule has 0 aromatic heterocycles. The number of fused-ring (bicyclic) bond motifs is 2. The summed E-state index contributed by atoms with van der Waals surface area (Å²) in [6.45, 7) is 7.91. The van der Waals surface area contributed by atoms with E-state index >= 15 is 0 Å². The second-order valence-corrected chi connectivity index (χ2v) is 10.3. The summed E-state index contributed by atoms with van der Waals surface area (Å²) < 4.78 is 11.6. The van der Waals surface area contributed by atoms with Gasteiger partial charge < -0.3 is 29.9 Å². The Kier molecular flexibility index (Phi) is 3.59. The fourth-order valence-corrected chi connectivity index (χ4v) is 8.19. The Morgan fingerprint density at radius 1 is 1.14 bits per heavy atom. The van der Waals surface area contributed by atoms with Crippen molar-refractivity contribution in [2.24, 2.45) is 34.0 Å². The van der Waals surface area contributed by atoms with E-state index in [2.05, 4.69) is 6.58 Å². The molecule has 2 heterocycles. The fraction of sp³-hybridized carbons (Fsp3) is 0.857. The van der Waals surface area contributed by atoms with Crippen LogP contribution in [0.25, 0.3) is 0 Å². The molecule has 4 aliphatic carbocycles. The van der Waals surface area contributed by atoms with Gasteiger partial charge in [-0.25, -0.2) is 0 Å². The zero-order valence-corrected chi connectivity index (χ0v) is 16.6. The van der Waals surface area contributed by atoms with Gasteiger partial charge in [0, 0.05) is 18.9 Å². The number of rotatable bonds is 1. The number of hydrogen-bond donors (Lipinski definition) is 4. The van der Waals surface area contributed by atoms with Crippen LogP contribution in [0.4, 0.5) is 0 Å². The van der Waals surface area contributed by atoms with Gasteiger partial charge in [-0.2, -0.15) is 0 Å². The minimum Gasteiger partial charge on any atom is -0.392 e. The Balaban J connectivity index is 1.85. The number of aliphatic hydroxyl groups is 4. The van der Waals surface area contributed by atoms with Crippen molar-refractivity contribution in [1.29, 1.82) is 0 Å². The van der Waals surface area contributed by atoms with E-state index in [1.54, 1.807) is 0 Å². The standard InChI is InChI=1S/C21H30O7/c1-9-10-5-6-11-19-12(22)7-8-18(2,3)13(19)16(25)21(26,28-17(19)27-4)20(11,14(9)23)15(10)24/h10-13,15-17,22,24-26H,1,5-8H2,2-4H3/t10-,11-,12?,13+,15-,16-,17-,19?,20-,21+/m0/s1. The number of methoxy groups -OCH3 is 1. The Hall–Kier alpha value is -0.830. The topological polar surface area (TPSA) is 116 Å². The summed E-state index contributed by atoms with van der Waals surface area (Å²) in [5, 5.41) is 45.9. The maximum Gasteiger partial charge on any atom is 0.211 e. The molecule has 10 atom stereocenters. The summed E-state index contributed by atoms with van der Waals surface area (Å²) in [7, 11) is 1.45. The third kappa shape index (κ3) is 1.59. The lowest BCUT2D eigenvalue weighted by atomic mass is 9.35. The SMILES string of the molecule is C=C1C(=O)[C@]23[C@@H](O)[C@H]1CC[C@H]2C12C(O)CCC(C)(C)[C@H]1[C@H](O)[C@@]3(O)O[C@@H]2OC. The Morgan fingerprint density at radius 2 is 1.82 bits per heavy atom. The summed E-state index contributed by atoms with van der Waals surface area (Å²) in [6.07, 6.45) is -2.32. The lowest BCUT2D eigenvalue weighted by molar-refractivity contribution is -0.509. The molecule has 2 aliphatic heterocycles. The van der Waals surface area contributed by atoms with Gasteiger partial charge in [-0.15, -0.1) is 0 Å². The van der Waals surface area contributed by atoms with Crippen molar-refractivity contribution in [3.05, 3.63) is 12.2 Å². The van der Waals surface area contributed by atoms with E-state index in [-0.39, 0.29) is 5.57 Å². The number of hydrogen-bond acceptors (Lipinski definition) is 7. The molecule has 0 radical (unpaired) electrons. The molecule has 0 aromatic carbocycles. The summed E-state index contributed by atoms with van der Waals surface area (Å²) in [4.78, 5) is 13.5. The van der Waals surface area contributed by atoms with Crippen molar-refractivity contribution >= 4 is 5.78 Å². The first-order valence-electron chi connectivity index (χ1n) is 10.2. The smallest absolute Gasteiger partial charge is 0.211 e. The van der Waals surface area contributed by atoms with Crippen LogP contribution in [0, 0.1) is 34.0 Å². The summed E-state index contributed by atoms with van der Waals surface area (Å²) >= 11 is 0. The molecule has 6 rings (SSSR count). The van der Waals surface area contributed by atoms with Crippen molar-refractivity contribution in [3.63, 3.8) is 0 Å². The highest BCUT2D eigenvalue weighted by Gasteiger charge is 2.89. The van der Waals surface area contributed by atoms with Gasteiger partial charge in [0.05, 0.1) is 17.6 Å². The zero-order chi connectivity index (χ0) is 20.4. The summed E-state index contributed by atoms with van der Waals surface area (Å²) in [5.74, 6) is -4.34. The monoisotopic (exact) mass is 394 g/mol. The van der Waals surface area contributed by atoms with Gasteiger partial charge in [0.15, 0.2) is 12.1 Å². The molecule has 6 fully saturated rings. The van der Waals surface area contributed by atoms with Gasteiger partial charge in [0.2, 0.25) is 5.79 Å². The largest absolute Gasteiger partial charge is 0.392 e. The molecule has 28 heavy (non-hydrogen) atoms. The number of Topliss-reactive ketones (excluding diaryl/α,β-unsaturated/α-hetero) is 1. The predicted molar refractivity (Wildman–Crippen MR) is 96.6 cm³/mol. The van der Waals surface area contributed by atoms with Gasteiger partial charge in [-0.1, -0.05) is 20.4 Å². The molecule has 4 bridgehead atoms. The van der Waals surface area contributed by atoms with E-state index in [1.807, 2.05) is 13.8 Å². The molecule has 4 N–H and O–H groups in total. The molecule has 2 unspecified atom stereocenters. The molecule has 7 nitrogen and oxygen atoms in total. The van der Waals surface area contributed by atoms with Crippen LogP contribution in [-0.2, 0) is 14.3 Å². The van der Waals surface area contributed by atoms with Crippen LogP contribution >= 0.6 is 0 Å². The zero-order valence-electron chi connectivity index (χ0n) is 16.6. The molecule has 156 valence electrons. The highest BCUT2D eigenvalue weighted by molar-refractivity contribution is 6.05. The third-order valence-electron chi connectivity index (χ3n) is 9.12. The average molecular weight is 394 g/mol. The molecular formula is C21H30O7. The molecule has 2 spiro atoms. The Morgan fingerprint density at radius 3 is 2.46 bits per heavy atom. The van der Waals surface area contributed by atoms with E-state index in [0.29, 0.717) is 25.7 Å². The minimum absolute atomic E-state index is 0.276. The molecule has 7 heteroatoms. The van der Waals surface area contributed by atoms with Gasteiger partial charge in [0.1, 0.15) is 11.5 Å². The lowest BCUT2D eigenvalue weighted by Crippen LogP contribution is -2.87. The van der Waals surface area contributed by atoms with Crippen molar-refractivity contribution in [2.45, 2.75) is 69.9 Å². The van der Waals surface area contributed by atoms with Crippen LogP contribution < -0.4 is 0 Å². The minimum atomic E-state index is -2.30. The number of carbonyl (C=O) groups excluding carboxylic acids is 1. The molecule has 0 aromatic rings. The van der Waals surface area contributed by atoms with Crippen molar-refractivity contribution in [2.75, 3.05) is 7.11 Å². The fourth-order valence-electron chi connectivity index (χ4n) is 8.19. The number of ketones is 1. The van der Waals surface area contributed by atoms with Gasteiger partial charge in [0.25, 0.3) is 0 Å². The number of ether oxygens (including phenoxy) is 2. The van der Waals surface area contributed by atoms with E-state index in [4.69, 9.17) is 9.47 Å². The highest BCUT2D eigenvalue weighted by Crippen LogP contribution is 2.77. The number of aliphatic hydroxyl groups excluding tert-OH is 3. The van der Waals surface area contributed by atoms with Crippen LogP contribution in [0.2, 0.25) is 0 Å². The summed E-state index contributed by atoms with van der Waals surface area (Å²) in [6, 6.07) is 0. The average Bonchev–Trinajstić information content (AvgIpc) is 2.75. The molecule has 2 saturated heterocycles. The first kappa shape index (κ1) is 19.2. The first-order valence-corrected chi connectivity index (χ1v) is 10.2. The van der Waals surface area contributed by atoms with Crippen molar-refractivity contribution < 1.29 is 34.7 Å². The van der Waals surface area contributed by atoms with Crippen LogP contribution in [0.5, 0.6) is 0 Å². The maximum absolute atomic E-state index is 13.5. The first-order chi connectivity index (χ1) is 13.0. The van der Waals surface area contributed by atoms with E-state index < -0.39 is 70.2 Å². The maximum atomic E-state index is 13.5. The van der Waals surface area contributed by atoms with Crippen molar-refractivity contribution in [3.8, 4) is 0 Å². The number of carbonyl (C=O) groups is 1. The van der Waals surface area contributed by atoms with Gasteiger partial charge in [-0.3, -0.25) is 4.79 Å².